The molecule has 5 nitrogen and oxygen atoms in total. The Bertz CT molecular complexity index is 480. The molecule has 166 valence electrons. The molecule has 0 heterocycles. The van der Waals surface area contributed by atoms with Gasteiger partial charge >= 0.3 is 5.97 Å². The van der Waals surface area contributed by atoms with Crippen LogP contribution in [0.3, 0.4) is 0 Å². The molecule has 0 aliphatic heterocycles. The van der Waals surface area contributed by atoms with Crippen LogP contribution in [-0.2, 0) is 21.6 Å². The van der Waals surface area contributed by atoms with Gasteiger partial charge in [-0.1, -0.05) is 39.6 Å². The third-order valence-corrected chi connectivity index (χ3v) is 75.7. The van der Waals surface area contributed by atoms with E-state index in [1.165, 1.54) is 0 Å². The van der Waals surface area contributed by atoms with Gasteiger partial charge in [0.25, 0.3) is 6.87 Å². The summed E-state index contributed by atoms with van der Waals surface area (Å²) in [6, 6.07) is 0. The predicted octanol–water partition coefficient (Wildman–Crippen LogP) is 2.52. The van der Waals surface area contributed by atoms with Gasteiger partial charge in [0.15, 0.2) is 0 Å². The fourth-order valence-electron chi connectivity index (χ4n) is 4.63. The van der Waals surface area contributed by atoms with E-state index in [9.17, 15) is 4.79 Å². The molecule has 0 aromatic heterocycles. The number of carbonyl (C=O) groups excluding carboxylic acids is 1. The van der Waals surface area contributed by atoms with Gasteiger partial charge < -0.3 is 16.8 Å². The van der Waals surface area contributed by atoms with Crippen LogP contribution in [0.2, 0.25) is 58.9 Å². The van der Waals surface area contributed by atoms with E-state index >= 15 is 0 Å². The molecular weight excluding hydrogens is 469 g/mol. The maximum atomic E-state index is 13.3. The van der Waals surface area contributed by atoms with Crippen LogP contribution in [0.5, 0.6) is 0 Å². The third-order valence-electron chi connectivity index (χ3n) is 5.43. The maximum Gasteiger partial charge on any atom is 0.319 e. The van der Waals surface area contributed by atoms with E-state index < -0.39 is 59.7 Å². The first-order valence-corrected chi connectivity index (χ1v) is 30.2. The van der Waals surface area contributed by atoms with Crippen LogP contribution >= 0.6 is 0 Å². The molecule has 0 aromatic rings. The van der Waals surface area contributed by atoms with Gasteiger partial charge in [0.05, 0.1) is 0 Å². The lowest BCUT2D eigenvalue weighted by molar-refractivity contribution is -0.130. The summed E-state index contributed by atoms with van der Waals surface area (Å²) in [5.74, 6) is -0.217. The van der Waals surface area contributed by atoms with Gasteiger partial charge in [0, 0.05) is 5.57 Å². The Hall–Kier alpha value is 0.608. The Balaban J connectivity index is 6.57. The van der Waals surface area contributed by atoms with E-state index in [4.69, 9.17) is 16.8 Å². The first kappa shape index (κ1) is 28.6. The molecule has 0 radical (unpaired) electrons. The topological polar surface area (TPSA) is 54.0 Å². The third kappa shape index (κ3) is 6.30. The molecule has 12 heteroatoms. The van der Waals surface area contributed by atoms with E-state index in [0.29, 0.717) is 12.0 Å². The van der Waals surface area contributed by atoms with Crippen molar-refractivity contribution in [1.82, 2.24) is 0 Å². The monoisotopic (exact) mass is 512 g/mol. The van der Waals surface area contributed by atoms with Crippen molar-refractivity contribution in [2.24, 2.45) is 0 Å². The molecule has 0 bridgehead atoms. The first-order chi connectivity index (χ1) is 12.8. The predicted molar refractivity (Wildman–Crippen MR) is 139 cm³/mol. The molecule has 0 aromatic carbocycles. The van der Waals surface area contributed by atoms with Crippen LogP contribution in [0.4, 0.5) is 0 Å². The highest BCUT2D eigenvalue weighted by Gasteiger charge is 2.75. The molecular formula is C16H44O5Si7. The Kier molecular flexibility index (Phi) is 12.1. The SMILES string of the molecule is C=C(CCCC)C(=O)O[Si]([Si](C)(C)O[SiH2]C)([Si](C)(C)O[SiH2]C)[Si](C)(C)O[SiH2]C. The van der Waals surface area contributed by atoms with Crippen LogP contribution in [-0.4, -0.2) is 65.6 Å². The van der Waals surface area contributed by atoms with Gasteiger partial charge in [-0.3, -0.25) is 0 Å². The van der Waals surface area contributed by atoms with Crippen molar-refractivity contribution in [3.8, 4) is 0 Å². The number of hydrogen-bond donors (Lipinski definition) is 0. The number of carbonyl (C=O) groups is 1. The smallest absolute Gasteiger partial charge is 0.319 e. The van der Waals surface area contributed by atoms with Crippen molar-refractivity contribution in [3.63, 3.8) is 0 Å². The van der Waals surface area contributed by atoms with E-state index in [2.05, 4.69) is 72.4 Å². The second-order valence-electron chi connectivity index (χ2n) is 8.61. The molecule has 0 N–H and O–H groups in total. The second-order valence-corrected chi connectivity index (χ2v) is 46.1. The normalized spacial score (nSPS) is 16.5. The summed E-state index contributed by atoms with van der Waals surface area (Å²) in [7, 11) is -8.93. The van der Waals surface area contributed by atoms with Gasteiger partial charge in [0.1, 0.15) is 29.3 Å². The molecule has 0 rings (SSSR count). The molecule has 0 saturated heterocycles. The van der Waals surface area contributed by atoms with Crippen molar-refractivity contribution in [1.29, 1.82) is 0 Å². The zero-order chi connectivity index (χ0) is 22.2. The van der Waals surface area contributed by atoms with Gasteiger partial charge in [-0.15, -0.1) is 0 Å². The highest BCUT2D eigenvalue weighted by atomic mass is 30.0. The average Bonchev–Trinajstić information content (AvgIpc) is 2.56. The van der Waals surface area contributed by atoms with E-state index in [1.54, 1.807) is 0 Å². The van der Waals surface area contributed by atoms with Gasteiger partial charge in [0.2, 0.25) is 23.5 Å². The summed E-state index contributed by atoms with van der Waals surface area (Å²) in [6.07, 6.45) is 2.69. The minimum absolute atomic E-state index is 0.217. The minimum Gasteiger partial charge on any atom is -0.516 e. The summed E-state index contributed by atoms with van der Waals surface area (Å²) in [6.45, 7) is 23.5. The van der Waals surface area contributed by atoms with E-state index in [0.717, 1.165) is 12.8 Å². The standard InChI is InChI=1S/C16H44O5Si7/c1-12-13-14-15(2)16(17)18-28(25(6,7)19-22-3,26(8,9)20-23-4)27(10,11)21-24-5/h2,12-14,22-24H2,1,3-11H3. The Morgan fingerprint density at radius 3 is 1.46 bits per heavy atom. The quantitative estimate of drug-likeness (QED) is 0.264. The highest BCUT2D eigenvalue weighted by molar-refractivity contribution is 7.85. The number of rotatable bonds is 14. The summed E-state index contributed by atoms with van der Waals surface area (Å²) in [5.41, 5.74) is 0.592. The molecule has 0 saturated carbocycles. The van der Waals surface area contributed by atoms with Crippen molar-refractivity contribution in [2.45, 2.75) is 85.1 Å². The maximum absolute atomic E-state index is 13.3. The Morgan fingerprint density at radius 2 is 1.18 bits per heavy atom. The summed E-state index contributed by atoms with van der Waals surface area (Å²) < 4.78 is 26.5. The van der Waals surface area contributed by atoms with Crippen molar-refractivity contribution in [3.05, 3.63) is 12.2 Å². The molecule has 0 atom stereocenters. The second kappa shape index (κ2) is 11.9. The lowest BCUT2D eigenvalue weighted by atomic mass is 10.1. The molecule has 0 spiro atoms. The van der Waals surface area contributed by atoms with Crippen molar-refractivity contribution in [2.75, 3.05) is 0 Å². The van der Waals surface area contributed by atoms with E-state index in [-0.39, 0.29) is 5.97 Å². The molecule has 0 aliphatic rings. The number of hydrogen-bond acceptors (Lipinski definition) is 5. The highest BCUT2D eigenvalue weighted by Crippen LogP contribution is 2.40. The van der Waals surface area contributed by atoms with Crippen LogP contribution in [0.15, 0.2) is 12.2 Å². The zero-order valence-corrected chi connectivity index (χ0v) is 28.2. The molecule has 0 aliphatic carbocycles. The lowest BCUT2D eigenvalue weighted by Crippen LogP contribution is -2.89. The lowest BCUT2D eigenvalue weighted by Gasteiger charge is -2.55. The molecule has 28 heavy (non-hydrogen) atoms. The summed E-state index contributed by atoms with van der Waals surface area (Å²) in [5, 5.41) is 0. The van der Waals surface area contributed by atoms with Crippen LogP contribution < -0.4 is 0 Å². The van der Waals surface area contributed by atoms with Crippen LogP contribution in [0.1, 0.15) is 26.2 Å². The van der Waals surface area contributed by atoms with Crippen LogP contribution in [0.25, 0.3) is 0 Å². The summed E-state index contributed by atoms with van der Waals surface area (Å²) >= 11 is 0. The Labute approximate surface area is 184 Å². The van der Waals surface area contributed by atoms with Gasteiger partial charge in [-0.2, -0.15) is 0 Å². The average molecular weight is 513 g/mol. The fourth-order valence-corrected chi connectivity index (χ4v) is 97.6. The first-order valence-electron chi connectivity index (χ1n) is 10.6. The van der Waals surface area contributed by atoms with Crippen LogP contribution in [0, 0.1) is 0 Å². The molecule has 0 fully saturated rings. The largest absolute Gasteiger partial charge is 0.516 e. The van der Waals surface area contributed by atoms with Gasteiger partial charge in [-0.25, -0.2) is 4.79 Å². The van der Waals surface area contributed by atoms with E-state index in [1.807, 2.05) is 0 Å². The molecule has 0 unspecified atom stereocenters. The number of unbranched alkanes of at least 4 members (excludes halogenated alkanes) is 1. The Morgan fingerprint density at radius 1 is 0.821 bits per heavy atom. The van der Waals surface area contributed by atoms with Gasteiger partial charge in [-0.05, 0) is 52.1 Å². The summed E-state index contributed by atoms with van der Waals surface area (Å²) in [4.78, 5) is 13.3. The minimum atomic E-state index is -2.76. The zero-order valence-electron chi connectivity index (χ0n) is 20.0. The van der Waals surface area contributed by atoms with Crippen molar-refractivity contribution < 1.29 is 21.6 Å². The molecule has 0 amide bonds. The fraction of sp³-hybridized carbons (Fsp3) is 0.812. The van der Waals surface area contributed by atoms with Crippen molar-refractivity contribution >= 4 is 65.6 Å².